The number of hydrogen-bond donors (Lipinski definition) is 0. The Hall–Kier alpha value is -7.56. The first-order valence-corrected chi connectivity index (χ1v) is 20.2. The molecule has 3 heterocycles. The lowest BCUT2D eigenvalue weighted by Crippen LogP contribution is -2.14. The van der Waals surface area contributed by atoms with Gasteiger partial charge < -0.3 is 8.98 Å². The highest BCUT2D eigenvalue weighted by atomic mass is 16.3. The fourth-order valence-electron chi connectivity index (χ4n) is 9.54. The highest BCUT2D eigenvalue weighted by Crippen LogP contribution is 2.51. The van der Waals surface area contributed by atoms with E-state index >= 15 is 0 Å². The van der Waals surface area contributed by atoms with Crippen molar-refractivity contribution in [3.05, 3.63) is 199 Å². The Labute approximate surface area is 341 Å². The summed E-state index contributed by atoms with van der Waals surface area (Å²) in [6, 6.07) is 66.8. The van der Waals surface area contributed by atoms with Crippen molar-refractivity contribution >= 4 is 43.7 Å². The normalized spacial score (nSPS) is 13.1. The van der Waals surface area contributed by atoms with Crippen LogP contribution in [0.3, 0.4) is 0 Å². The Morgan fingerprint density at radius 3 is 1.78 bits per heavy atom. The van der Waals surface area contributed by atoms with Gasteiger partial charge in [0, 0.05) is 54.9 Å². The molecule has 0 aliphatic heterocycles. The minimum Gasteiger partial charge on any atom is -0.455 e. The Balaban J connectivity index is 1.07. The van der Waals surface area contributed by atoms with Gasteiger partial charge in [-0.3, -0.25) is 0 Å². The van der Waals surface area contributed by atoms with E-state index in [-0.39, 0.29) is 5.41 Å². The first kappa shape index (κ1) is 33.6. The van der Waals surface area contributed by atoms with Crippen molar-refractivity contribution in [2.24, 2.45) is 0 Å². The minimum absolute atomic E-state index is 0.100. The molecule has 0 radical (unpaired) electrons. The van der Waals surface area contributed by atoms with E-state index in [2.05, 4.69) is 170 Å². The highest BCUT2D eigenvalue weighted by Gasteiger charge is 2.36. The minimum atomic E-state index is -0.100. The molecule has 0 atom stereocenters. The van der Waals surface area contributed by atoms with Crippen LogP contribution in [-0.4, -0.2) is 14.5 Å². The van der Waals surface area contributed by atoms with E-state index in [4.69, 9.17) is 14.4 Å². The van der Waals surface area contributed by atoms with Gasteiger partial charge in [-0.1, -0.05) is 153 Å². The molecule has 0 N–H and O–H groups in total. The van der Waals surface area contributed by atoms with Crippen LogP contribution in [-0.2, 0) is 5.41 Å². The van der Waals surface area contributed by atoms with Crippen LogP contribution in [0.25, 0.3) is 106 Å². The number of furan rings is 1. The summed E-state index contributed by atoms with van der Waals surface area (Å²) in [6.07, 6.45) is 0. The lowest BCUT2D eigenvalue weighted by atomic mass is 9.82. The van der Waals surface area contributed by atoms with Gasteiger partial charge in [0.1, 0.15) is 11.2 Å². The van der Waals surface area contributed by atoms with Gasteiger partial charge in [0.05, 0.1) is 22.4 Å². The maximum absolute atomic E-state index is 7.05. The third-order valence-corrected chi connectivity index (χ3v) is 12.4. The van der Waals surface area contributed by atoms with Crippen molar-refractivity contribution in [1.29, 1.82) is 0 Å². The smallest absolute Gasteiger partial charge is 0.160 e. The summed E-state index contributed by atoms with van der Waals surface area (Å²) in [7, 11) is 0. The number of aromatic nitrogens is 3. The molecule has 0 unspecified atom stereocenters. The molecule has 0 bridgehead atoms. The molecular weight excluding hydrogens is 719 g/mol. The molecule has 4 heteroatoms. The van der Waals surface area contributed by atoms with Gasteiger partial charge in [0.2, 0.25) is 0 Å². The van der Waals surface area contributed by atoms with Gasteiger partial charge in [-0.05, 0) is 76.3 Å². The van der Waals surface area contributed by atoms with Crippen molar-refractivity contribution in [3.8, 4) is 61.8 Å². The summed E-state index contributed by atoms with van der Waals surface area (Å²) >= 11 is 0. The third-order valence-electron chi connectivity index (χ3n) is 12.4. The number of hydrogen-bond acceptors (Lipinski definition) is 3. The monoisotopic (exact) mass is 755 g/mol. The standard InChI is InChI=1S/C55H37N3O/c1-55(2)46-27-13-12-22-39(46)43-31-45-44-30-36(28-29-50(44)58(51(45)32-47(43)55)37-20-10-5-11-21-37)38-23-14-24-40-41-25-15-26-42(53(41)59-52(38)40)49-33-48(34-16-6-3-7-17-34)56-54(57-49)35-18-8-4-9-19-35/h3-33H,1-2H3. The van der Waals surface area contributed by atoms with Gasteiger partial charge in [0.25, 0.3) is 0 Å². The van der Waals surface area contributed by atoms with Crippen LogP contribution in [0.15, 0.2) is 192 Å². The molecule has 0 saturated heterocycles. The highest BCUT2D eigenvalue weighted by molar-refractivity contribution is 6.16. The molecule has 3 aromatic heterocycles. The van der Waals surface area contributed by atoms with Crippen LogP contribution >= 0.6 is 0 Å². The van der Waals surface area contributed by atoms with Crippen LogP contribution in [0.1, 0.15) is 25.0 Å². The lowest BCUT2D eigenvalue weighted by molar-refractivity contribution is 0.661. The largest absolute Gasteiger partial charge is 0.455 e. The van der Waals surface area contributed by atoms with E-state index in [9.17, 15) is 0 Å². The molecule has 8 aromatic carbocycles. The van der Waals surface area contributed by atoms with Crippen molar-refractivity contribution in [3.63, 3.8) is 0 Å². The number of fused-ring (bicyclic) bond motifs is 9. The molecule has 1 aliphatic carbocycles. The SMILES string of the molecule is CC1(C)c2ccccc2-c2cc3c4cc(-c5cccc6c5oc5c(-c7cc(-c8ccccc8)nc(-c8ccccc8)n7)cccc56)ccc4n(-c4ccccc4)c3cc21. The average molecular weight is 756 g/mol. The summed E-state index contributed by atoms with van der Waals surface area (Å²) in [5.41, 5.74) is 17.3. The molecule has 278 valence electrons. The van der Waals surface area contributed by atoms with E-state index in [1.165, 1.54) is 44.1 Å². The number of para-hydroxylation sites is 3. The van der Waals surface area contributed by atoms with Crippen LogP contribution < -0.4 is 0 Å². The molecule has 12 rings (SSSR count). The van der Waals surface area contributed by atoms with Crippen LogP contribution in [0.2, 0.25) is 0 Å². The average Bonchev–Trinajstić information content (AvgIpc) is 3.91. The summed E-state index contributed by atoms with van der Waals surface area (Å²) in [5.74, 6) is 0.677. The zero-order valence-electron chi connectivity index (χ0n) is 32.6. The fourth-order valence-corrected chi connectivity index (χ4v) is 9.54. The van der Waals surface area contributed by atoms with Crippen LogP contribution in [0.4, 0.5) is 0 Å². The van der Waals surface area contributed by atoms with Gasteiger partial charge in [0.15, 0.2) is 5.82 Å². The number of nitrogens with zero attached hydrogens (tertiary/aromatic N) is 3. The second-order valence-electron chi connectivity index (χ2n) is 16.1. The van der Waals surface area contributed by atoms with Crippen LogP contribution in [0.5, 0.6) is 0 Å². The van der Waals surface area contributed by atoms with Gasteiger partial charge in [-0.15, -0.1) is 0 Å². The zero-order chi connectivity index (χ0) is 39.2. The Bertz CT molecular complexity index is 3390. The number of benzene rings is 8. The maximum atomic E-state index is 7.05. The topological polar surface area (TPSA) is 43.9 Å². The fraction of sp³-hybridized carbons (Fsp3) is 0.0545. The van der Waals surface area contributed by atoms with Gasteiger partial charge in [-0.25, -0.2) is 9.97 Å². The summed E-state index contributed by atoms with van der Waals surface area (Å²) < 4.78 is 9.47. The van der Waals surface area contributed by atoms with Gasteiger partial charge >= 0.3 is 0 Å². The van der Waals surface area contributed by atoms with Crippen molar-refractivity contribution in [1.82, 2.24) is 14.5 Å². The Morgan fingerprint density at radius 2 is 1.02 bits per heavy atom. The van der Waals surface area contributed by atoms with Gasteiger partial charge in [-0.2, -0.15) is 0 Å². The summed E-state index contributed by atoms with van der Waals surface area (Å²) in [5, 5.41) is 4.58. The Kier molecular flexibility index (Phi) is 7.24. The number of rotatable bonds is 5. The van der Waals surface area contributed by atoms with E-state index in [1.807, 2.05) is 36.4 Å². The lowest BCUT2D eigenvalue weighted by Gasteiger charge is -2.21. The summed E-state index contributed by atoms with van der Waals surface area (Å²) in [4.78, 5) is 10.2. The predicted molar refractivity (Wildman–Crippen MR) is 243 cm³/mol. The third kappa shape index (κ3) is 5.09. The molecule has 0 amide bonds. The van der Waals surface area contributed by atoms with Crippen LogP contribution in [0, 0.1) is 0 Å². The first-order chi connectivity index (χ1) is 29.0. The van der Waals surface area contributed by atoms with E-state index < -0.39 is 0 Å². The molecular formula is C55H37N3O. The second-order valence-corrected chi connectivity index (χ2v) is 16.1. The van der Waals surface area contributed by atoms with E-state index in [1.54, 1.807) is 0 Å². The molecule has 0 fully saturated rings. The molecule has 1 aliphatic rings. The molecule has 11 aromatic rings. The zero-order valence-corrected chi connectivity index (χ0v) is 32.6. The van der Waals surface area contributed by atoms with E-state index in [0.717, 1.165) is 66.8 Å². The maximum Gasteiger partial charge on any atom is 0.160 e. The van der Waals surface area contributed by atoms with Crippen molar-refractivity contribution in [2.75, 3.05) is 0 Å². The molecule has 59 heavy (non-hydrogen) atoms. The molecule has 0 spiro atoms. The molecule has 4 nitrogen and oxygen atoms in total. The predicted octanol–water partition coefficient (Wildman–Crippen LogP) is 14.4. The molecule has 0 saturated carbocycles. The Morgan fingerprint density at radius 1 is 0.407 bits per heavy atom. The van der Waals surface area contributed by atoms with Crippen molar-refractivity contribution in [2.45, 2.75) is 19.3 Å². The van der Waals surface area contributed by atoms with E-state index in [0.29, 0.717) is 5.82 Å². The second kappa shape index (κ2) is 12.7. The summed E-state index contributed by atoms with van der Waals surface area (Å²) in [6.45, 7) is 4.71. The quantitative estimate of drug-likeness (QED) is 0.176. The van der Waals surface area contributed by atoms with Crippen molar-refractivity contribution < 1.29 is 4.42 Å². The first-order valence-electron chi connectivity index (χ1n) is 20.2.